The third-order valence-electron chi connectivity index (χ3n) is 2.87. The molecule has 1 rings (SSSR count). The van der Waals surface area contributed by atoms with Gasteiger partial charge in [-0.15, -0.1) is 0 Å². The van der Waals surface area contributed by atoms with Crippen molar-refractivity contribution >= 4 is 11.8 Å². The third kappa shape index (κ3) is 5.03. The summed E-state index contributed by atoms with van der Waals surface area (Å²) in [6.45, 7) is 9.73. The SMILES string of the molecule is CCC(C)NC(=O)c1cccc(C(=O)NC(C)(C)C)c1. The van der Waals surface area contributed by atoms with E-state index in [0.29, 0.717) is 11.1 Å². The van der Waals surface area contributed by atoms with E-state index in [1.165, 1.54) is 0 Å². The summed E-state index contributed by atoms with van der Waals surface area (Å²) in [5.74, 6) is -0.319. The van der Waals surface area contributed by atoms with Crippen molar-refractivity contribution in [2.45, 2.75) is 52.6 Å². The highest BCUT2D eigenvalue weighted by molar-refractivity contribution is 5.99. The Kier molecular flexibility index (Phi) is 5.31. The number of carbonyl (C=O) groups excluding carboxylic acids is 2. The van der Waals surface area contributed by atoms with E-state index in [9.17, 15) is 9.59 Å². The molecule has 20 heavy (non-hydrogen) atoms. The molecular weight excluding hydrogens is 252 g/mol. The molecule has 2 amide bonds. The van der Waals surface area contributed by atoms with Gasteiger partial charge >= 0.3 is 0 Å². The van der Waals surface area contributed by atoms with E-state index >= 15 is 0 Å². The Morgan fingerprint density at radius 2 is 1.70 bits per heavy atom. The first-order valence-corrected chi connectivity index (χ1v) is 6.96. The molecule has 4 nitrogen and oxygen atoms in total. The van der Waals surface area contributed by atoms with Gasteiger partial charge in [-0.1, -0.05) is 13.0 Å². The molecule has 1 aromatic rings. The monoisotopic (exact) mass is 276 g/mol. The molecule has 0 heterocycles. The summed E-state index contributed by atoms with van der Waals surface area (Å²) in [5.41, 5.74) is 0.704. The normalized spacial score (nSPS) is 12.7. The molecule has 2 N–H and O–H groups in total. The van der Waals surface area contributed by atoms with Crippen LogP contribution in [0, 0.1) is 0 Å². The maximum absolute atomic E-state index is 12.1. The van der Waals surface area contributed by atoms with Crippen LogP contribution in [-0.2, 0) is 0 Å². The van der Waals surface area contributed by atoms with Crippen LogP contribution in [0.4, 0.5) is 0 Å². The van der Waals surface area contributed by atoms with Crippen molar-refractivity contribution in [1.29, 1.82) is 0 Å². The lowest BCUT2D eigenvalue weighted by Gasteiger charge is -2.20. The lowest BCUT2D eigenvalue weighted by atomic mass is 10.1. The molecule has 0 saturated carbocycles. The molecule has 0 bridgehead atoms. The Morgan fingerprint density at radius 1 is 1.15 bits per heavy atom. The fourth-order valence-electron chi connectivity index (χ4n) is 1.62. The van der Waals surface area contributed by atoms with Gasteiger partial charge in [0.15, 0.2) is 0 Å². The Bertz CT molecular complexity index is 489. The number of nitrogens with one attached hydrogen (secondary N) is 2. The fourth-order valence-corrected chi connectivity index (χ4v) is 1.62. The zero-order valence-corrected chi connectivity index (χ0v) is 12.9. The van der Waals surface area contributed by atoms with Crippen LogP contribution in [0.2, 0.25) is 0 Å². The number of hydrogen-bond donors (Lipinski definition) is 2. The van der Waals surface area contributed by atoms with E-state index in [1.54, 1.807) is 24.3 Å². The molecule has 110 valence electrons. The second-order valence-electron chi connectivity index (χ2n) is 6.07. The Labute approximate surface area is 121 Å². The molecule has 4 heteroatoms. The molecule has 0 spiro atoms. The summed E-state index contributed by atoms with van der Waals surface area (Å²) in [5, 5.41) is 5.77. The van der Waals surface area contributed by atoms with Crippen molar-refractivity contribution in [3.63, 3.8) is 0 Å². The minimum Gasteiger partial charge on any atom is -0.350 e. The quantitative estimate of drug-likeness (QED) is 0.888. The van der Waals surface area contributed by atoms with Gasteiger partial charge in [-0.05, 0) is 52.3 Å². The standard InChI is InChI=1S/C16H24N2O2/c1-6-11(2)17-14(19)12-8-7-9-13(10-12)15(20)18-16(3,4)5/h7-11H,6H2,1-5H3,(H,17,19)(H,18,20). The largest absolute Gasteiger partial charge is 0.350 e. The van der Waals surface area contributed by atoms with Crippen LogP contribution in [-0.4, -0.2) is 23.4 Å². The van der Waals surface area contributed by atoms with E-state index in [1.807, 2.05) is 34.6 Å². The number of benzene rings is 1. The summed E-state index contributed by atoms with van der Waals surface area (Å²) < 4.78 is 0. The minimum absolute atomic E-state index is 0.120. The topological polar surface area (TPSA) is 58.2 Å². The van der Waals surface area contributed by atoms with Crippen molar-refractivity contribution in [1.82, 2.24) is 10.6 Å². The lowest BCUT2D eigenvalue weighted by Crippen LogP contribution is -2.40. The Balaban J connectivity index is 2.85. The Hall–Kier alpha value is -1.84. The van der Waals surface area contributed by atoms with Gasteiger partial charge < -0.3 is 10.6 Å². The van der Waals surface area contributed by atoms with Crippen LogP contribution in [0.25, 0.3) is 0 Å². The molecule has 0 radical (unpaired) electrons. The predicted octanol–water partition coefficient (Wildman–Crippen LogP) is 2.74. The van der Waals surface area contributed by atoms with Crippen molar-refractivity contribution in [3.8, 4) is 0 Å². The highest BCUT2D eigenvalue weighted by Crippen LogP contribution is 2.08. The zero-order chi connectivity index (χ0) is 15.3. The molecule has 0 aliphatic carbocycles. The molecule has 1 unspecified atom stereocenters. The van der Waals surface area contributed by atoms with Crippen LogP contribution in [0.5, 0.6) is 0 Å². The van der Waals surface area contributed by atoms with Crippen molar-refractivity contribution in [2.75, 3.05) is 0 Å². The number of hydrogen-bond acceptors (Lipinski definition) is 2. The Morgan fingerprint density at radius 3 is 2.20 bits per heavy atom. The van der Waals surface area contributed by atoms with Gasteiger partial charge in [-0.2, -0.15) is 0 Å². The smallest absolute Gasteiger partial charge is 0.251 e. The molecule has 0 aromatic heterocycles. The number of rotatable bonds is 4. The first-order valence-electron chi connectivity index (χ1n) is 6.96. The third-order valence-corrected chi connectivity index (χ3v) is 2.87. The maximum atomic E-state index is 12.1. The van der Waals surface area contributed by atoms with Crippen LogP contribution < -0.4 is 10.6 Å². The summed E-state index contributed by atoms with van der Waals surface area (Å²) in [7, 11) is 0. The lowest BCUT2D eigenvalue weighted by molar-refractivity contribution is 0.0919. The van der Waals surface area contributed by atoms with Crippen LogP contribution in [0.1, 0.15) is 61.8 Å². The highest BCUT2D eigenvalue weighted by atomic mass is 16.2. The van der Waals surface area contributed by atoms with Crippen LogP contribution in [0.15, 0.2) is 24.3 Å². The van der Waals surface area contributed by atoms with Gasteiger partial charge in [0.05, 0.1) is 0 Å². The second-order valence-corrected chi connectivity index (χ2v) is 6.07. The summed E-state index contributed by atoms with van der Waals surface area (Å²) in [6.07, 6.45) is 0.871. The van der Waals surface area contributed by atoms with Gasteiger partial charge in [-0.25, -0.2) is 0 Å². The van der Waals surface area contributed by atoms with Crippen LogP contribution >= 0.6 is 0 Å². The molecule has 1 aromatic carbocycles. The summed E-state index contributed by atoms with van der Waals surface area (Å²) in [4.78, 5) is 24.1. The first-order chi connectivity index (χ1) is 9.23. The van der Waals surface area contributed by atoms with Gasteiger partial charge in [0, 0.05) is 22.7 Å². The molecule has 1 atom stereocenters. The molecule has 0 aliphatic heterocycles. The van der Waals surface area contributed by atoms with E-state index in [0.717, 1.165) is 6.42 Å². The molecule has 0 saturated heterocycles. The van der Waals surface area contributed by atoms with Crippen molar-refractivity contribution < 1.29 is 9.59 Å². The molecular formula is C16H24N2O2. The second kappa shape index (κ2) is 6.55. The predicted molar refractivity (Wildman–Crippen MR) is 80.9 cm³/mol. The highest BCUT2D eigenvalue weighted by Gasteiger charge is 2.16. The number of carbonyl (C=O) groups is 2. The molecule has 0 fully saturated rings. The first kappa shape index (κ1) is 16.2. The van der Waals surface area contributed by atoms with E-state index < -0.39 is 0 Å². The fraction of sp³-hybridized carbons (Fsp3) is 0.500. The number of amides is 2. The summed E-state index contributed by atoms with van der Waals surface area (Å²) >= 11 is 0. The van der Waals surface area contributed by atoms with E-state index in [4.69, 9.17) is 0 Å². The van der Waals surface area contributed by atoms with Gasteiger partial charge in [0.2, 0.25) is 0 Å². The maximum Gasteiger partial charge on any atom is 0.251 e. The van der Waals surface area contributed by atoms with Crippen LogP contribution in [0.3, 0.4) is 0 Å². The van der Waals surface area contributed by atoms with Crippen molar-refractivity contribution in [3.05, 3.63) is 35.4 Å². The van der Waals surface area contributed by atoms with Gasteiger partial charge in [-0.3, -0.25) is 9.59 Å². The average molecular weight is 276 g/mol. The minimum atomic E-state index is -0.300. The summed E-state index contributed by atoms with van der Waals surface area (Å²) in [6, 6.07) is 6.89. The van der Waals surface area contributed by atoms with Gasteiger partial charge in [0.1, 0.15) is 0 Å². The van der Waals surface area contributed by atoms with Gasteiger partial charge in [0.25, 0.3) is 11.8 Å². The van der Waals surface area contributed by atoms with E-state index in [2.05, 4.69) is 10.6 Å². The van der Waals surface area contributed by atoms with E-state index in [-0.39, 0.29) is 23.4 Å². The molecule has 0 aliphatic rings. The van der Waals surface area contributed by atoms with Crippen molar-refractivity contribution in [2.24, 2.45) is 0 Å². The average Bonchev–Trinajstić information content (AvgIpc) is 2.36. The zero-order valence-electron chi connectivity index (χ0n) is 12.9.